The lowest BCUT2D eigenvalue weighted by Crippen LogP contribution is -2.46. The molecule has 4 N–H and O–H groups in total. The number of ether oxygens (including phenoxy) is 2. The Bertz CT molecular complexity index is 923. The zero-order valence-corrected chi connectivity index (χ0v) is 16.1. The van der Waals surface area contributed by atoms with Gasteiger partial charge in [-0.05, 0) is 24.3 Å². The van der Waals surface area contributed by atoms with E-state index >= 15 is 0 Å². The molecule has 1 amide bonds. The van der Waals surface area contributed by atoms with Crippen LogP contribution in [0.2, 0.25) is 5.02 Å². The Morgan fingerprint density at radius 1 is 1.28 bits per heavy atom. The van der Waals surface area contributed by atoms with Gasteiger partial charge in [0.15, 0.2) is 18.5 Å². The number of carbonyl (C=O) groups excluding carboxylic acids is 2. The minimum Gasteiger partial charge on any atom is -0.465 e. The Kier molecular flexibility index (Phi) is 6.46. The van der Waals surface area contributed by atoms with Crippen LogP contribution in [0.1, 0.15) is 26.9 Å². The van der Waals surface area contributed by atoms with Gasteiger partial charge in [0.1, 0.15) is 17.8 Å². The molecular formula is C19H20ClN2O7+. The molecule has 3 rings (SSSR count). The second-order valence-electron chi connectivity index (χ2n) is 6.41. The van der Waals surface area contributed by atoms with Gasteiger partial charge >= 0.3 is 5.97 Å². The van der Waals surface area contributed by atoms with Crippen molar-refractivity contribution in [2.75, 3.05) is 19.0 Å². The third kappa shape index (κ3) is 4.39. The van der Waals surface area contributed by atoms with E-state index in [9.17, 15) is 24.9 Å². The van der Waals surface area contributed by atoms with Gasteiger partial charge in [0, 0.05) is 11.8 Å². The highest BCUT2D eigenvalue weighted by Crippen LogP contribution is 2.25. The van der Waals surface area contributed by atoms with E-state index in [2.05, 4.69) is 10.1 Å². The molecule has 2 aromatic rings. The minimum absolute atomic E-state index is 0.129. The van der Waals surface area contributed by atoms with E-state index in [-0.39, 0.29) is 16.1 Å². The number of pyridine rings is 1. The molecule has 1 saturated heterocycles. The highest BCUT2D eigenvalue weighted by atomic mass is 35.5. The minimum atomic E-state index is -1.26. The molecule has 1 aromatic carbocycles. The predicted molar refractivity (Wildman–Crippen MR) is 100 cm³/mol. The van der Waals surface area contributed by atoms with Crippen molar-refractivity contribution in [3.05, 3.63) is 58.9 Å². The van der Waals surface area contributed by atoms with Crippen LogP contribution in [0.25, 0.3) is 0 Å². The monoisotopic (exact) mass is 423 g/mol. The summed E-state index contributed by atoms with van der Waals surface area (Å²) in [5, 5.41) is 32.0. The summed E-state index contributed by atoms with van der Waals surface area (Å²) in [7, 11) is 1.24. The zero-order valence-electron chi connectivity index (χ0n) is 15.4. The quantitative estimate of drug-likeness (QED) is 0.401. The van der Waals surface area contributed by atoms with Gasteiger partial charge in [0.25, 0.3) is 12.1 Å². The SMILES string of the molecule is COC(=O)c1ccc(NC(=O)c2ccc[n+]([C@@H]3O[C@H](CO)[C@@H](O)[C@H]3O)c2)cc1Cl. The molecule has 1 fully saturated rings. The van der Waals surface area contributed by atoms with Crippen LogP contribution in [-0.4, -0.2) is 59.2 Å². The summed E-state index contributed by atoms with van der Waals surface area (Å²) in [6, 6.07) is 7.51. The molecular weight excluding hydrogens is 404 g/mol. The van der Waals surface area contributed by atoms with Gasteiger partial charge in [-0.2, -0.15) is 4.57 Å². The molecule has 0 unspecified atom stereocenters. The molecule has 0 bridgehead atoms. The molecule has 1 aliphatic heterocycles. The van der Waals surface area contributed by atoms with Gasteiger partial charge < -0.3 is 30.1 Å². The lowest BCUT2D eigenvalue weighted by Gasteiger charge is -2.11. The van der Waals surface area contributed by atoms with Gasteiger partial charge in [0.05, 0.1) is 24.3 Å². The van der Waals surface area contributed by atoms with Crippen LogP contribution in [0.15, 0.2) is 42.7 Å². The average molecular weight is 424 g/mol. The van der Waals surface area contributed by atoms with Crippen LogP contribution < -0.4 is 9.88 Å². The van der Waals surface area contributed by atoms with Gasteiger partial charge in [-0.25, -0.2) is 4.79 Å². The number of hydrogen-bond donors (Lipinski definition) is 4. The van der Waals surface area contributed by atoms with E-state index in [1.807, 2.05) is 0 Å². The lowest BCUT2D eigenvalue weighted by atomic mass is 10.1. The van der Waals surface area contributed by atoms with Crippen LogP contribution in [0.3, 0.4) is 0 Å². The smallest absolute Gasteiger partial charge is 0.339 e. The van der Waals surface area contributed by atoms with E-state index in [0.29, 0.717) is 5.69 Å². The van der Waals surface area contributed by atoms with Crippen LogP contribution in [-0.2, 0) is 9.47 Å². The number of aromatic nitrogens is 1. The third-order valence-electron chi connectivity index (χ3n) is 4.53. The van der Waals surface area contributed by atoms with E-state index in [1.54, 1.807) is 18.3 Å². The first-order chi connectivity index (χ1) is 13.8. The molecule has 1 aliphatic rings. The number of hydrogen-bond acceptors (Lipinski definition) is 7. The Balaban J connectivity index is 1.77. The molecule has 1 aromatic heterocycles. The largest absolute Gasteiger partial charge is 0.465 e. The van der Waals surface area contributed by atoms with Crippen LogP contribution in [0.4, 0.5) is 5.69 Å². The Morgan fingerprint density at radius 3 is 2.66 bits per heavy atom. The summed E-state index contributed by atoms with van der Waals surface area (Å²) >= 11 is 6.06. The number of nitrogens with one attached hydrogen (secondary N) is 1. The predicted octanol–water partition coefficient (Wildman–Crippen LogP) is 0.278. The Morgan fingerprint density at radius 2 is 2.03 bits per heavy atom. The lowest BCUT2D eigenvalue weighted by molar-refractivity contribution is -0.765. The maximum absolute atomic E-state index is 12.6. The fourth-order valence-corrected chi connectivity index (χ4v) is 3.24. The van der Waals surface area contributed by atoms with Crippen molar-refractivity contribution in [3.8, 4) is 0 Å². The number of halogens is 1. The van der Waals surface area contributed by atoms with Crippen molar-refractivity contribution in [1.82, 2.24) is 0 Å². The second-order valence-corrected chi connectivity index (χ2v) is 6.82. The Labute approximate surface area is 171 Å². The summed E-state index contributed by atoms with van der Waals surface area (Å²) in [6.45, 7) is -0.447. The number of aliphatic hydroxyl groups is 3. The van der Waals surface area contributed by atoms with Crippen molar-refractivity contribution in [3.63, 3.8) is 0 Å². The molecule has 0 saturated carbocycles. The third-order valence-corrected chi connectivity index (χ3v) is 4.84. The number of carbonyl (C=O) groups is 2. The molecule has 0 aliphatic carbocycles. The van der Waals surface area contributed by atoms with E-state index in [0.717, 1.165) is 0 Å². The van der Waals surface area contributed by atoms with E-state index in [1.165, 1.54) is 36.1 Å². The maximum Gasteiger partial charge on any atom is 0.339 e. The fraction of sp³-hybridized carbons (Fsp3) is 0.316. The first-order valence-corrected chi connectivity index (χ1v) is 9.06. The van der Waals surface area contributed by atoms with Crippen LogP contribution in [0, 0.1) is 0 Å². The maximum atomic E-state index is 12.6. The molecule has 9 nitrogen and oxygen atoms in total. The number of nitrogens with zero attached hydrogens (tertiary/aromatic N) is 1. The van der Waals surface area contributed by atoms with Crippen molar-refractivity contribution in [1.29, 1.82) is 0 Å². The summed E-state index contributed by atoms with van der Waals surface area (Å²) < 4.78 is 11.5. The molecule has 2 heterocycles. The highest BCUT2D eigenvalue weighted by molar-refractivity contribution is 6.34. The number of methoxy groups -OCH3 is 1. The molecule has 0 radical (unpaired) electrons. The van der Waals surface area contributed by atoms with E-state index in [4.69, 9.17) is 16.3 Å². The van der Waals surface area contributed by atoms with Crippen molar-refractivity contribution in [2.45, 2.75) is 24.5 Å². The van der Waals surface area contributed by atoms with E-state index < -0.39 is 43.0 Å². The molecule has 29 heavy (non-hydrogen) atoms. The van der Waals surface area contributed by atoms with Gasteiger partial charge in [0.2, 0.25) is 0 Å². The average Bonchev–Trinajstić information content (AvgIpc) is 3.02. The molecule has 10 heteroatoms. The summed E-state index contributed by atoms with van der Waals surface area (Å²) in [5.74, 6) is -1.05. The number of rotatable bonds is 5. The molecule has 0 spiro atoms. The summed E-state index contributed by atoms with van der Waals surface area (Å²) in [5.41, 5.74) is 0.795. The van der Waals surface area contributed by atoms with Crippen LogP contribution >= 0.6 is 11.6 Å². The molecule has 4 atom stereocenters. The first kappa shape index (κ1) is 21.2. The number of benzene rings is 1. The van der Waals surface area contributed by atoms with Gasteiger partial charge in [-0.1, -0.05) is 11.6 Å². The summed E-state index contributed by atoms with van der Waals surface area (Å²) in [4.78, 5) is 24.2. The van der Waals surface area contributed by atoms with Gasteiger partial charge in [-0.15, -0.1) is 0 Å². The fourth-order valence-electron chi connectivity index (χ4n) is 2.98. The van der Waals surface area contributed by atoms with Crippen LogP contribution in [0.5, 0.6) is 0 Å². The van der Waals surface area contributed by atoms with Crippen molar-refractivity contribution >= 4 is 29.2 Å². The number of amides is 1. The zero-order chi connectivity index (χ0) is 21.1. The first-order valence-electron chi connectivity index (χ1n) is 8.68. The number of anilines is 1. The second kappa shape index (κ2) is 8.85. The number of aliphatic hydroxyl groups excluding tert-OH is 3. The van der Waals surface area contributed by atoms with Crippen molar-refractivity contribution < 1.29 is 38.9 Å². The van der Waals surface area contributed by atoms with Gasteiger partial charge in [-0.3, -0.25) is 4.79 Å². The molecule has 154 valence electrons. The van der Waals surface area contributed by atoms with Crippen molar-refractivity contribution in [2.24, 2.45) is 0 Å². The number of esters is 1. The standard InChI is InChI=1S/C19H19ClN2O7/c1-28-19(27)12-5-4-11(7-13(12)20)21-17(26)10-3-2-6-22(8-10)18-16(25)15(24)14(9-23)29-18/h2-8,14-16,18,23-25H,9H2,1H3/p+1/t14-,15-,16-,18-/m1/s1. The topological polar surface area (TPSA) is 129 Å². The normalized spacial score (nSPS) is 23.6. The highest BCUT2D eigenvalue weighted by Gasteiger charge is 2.48. The summed E-state index contributed by atoms with van der Waals surface area (Å²) in [6.07, 6.45) is -1.37. The Hall–Kier alpha value is -2.56.